The van der Waals surface area contributed by atoms with E-state index in [0.717, 1.165) is 29.3 Å². The van der Waals surface area contributed by atoms with Gasteiger partial charge < -0.3 is 15.2 Å². The van der Waals surface area contributed by atoms with Crippen LogP contribution in [0.25, 0.3) is 0 Å². The van der Waals surface area contributed by atoms with Gasteiger partial charge in [-0.2, -0.15) is 0 Å². The van der Waals surface area contributed by atoms with E-state index in [1.54, 1.807) is 13.2 Å². The molecule has 2 N–H and O–H groups in total. The standard InChI is InChI=1S/C21H25ClN2O2.C2H6/c1-3-4-5-6-18-20(14-7-9-15(22)10-8-14)24-21(23-18)17-12-11-16(26-2)13-19(17)25;1-2/h7-13,18,20,25H,3-6H2,1-2H3,(H,23,24);1-2H3. The van der Waals surface area contributed by atoms with Gasteiger partial charge in [-0.3, -0.25) is 4.99 Å². The normalized spacial score (nSPS) is 18.0. The first-order valence-corrected chi connectivity index (χ1v) is 10.5. The van der Waals surface area contributed by atoms with E-state index in [0.29, 0.717) is 11.3 Å². The fraction of sp³-hybridized carbons (Fsp3) is 0.435. The van der Waals surface area contributed by atoms with Crippen molar-refractivity contribution in [1.82, 2.24) is 5.32 Å². The van der Waals surface area contributed by atoms with Crippen LogP contribution in [0.15, 0.2) is 47.5 Å². The molecule has 0 amide bonds. The lowest BCUT2D eigenvalue weighted by Crippen LogP contribution is -2.32. The van der Waals surface area contributed by atoms with Gasteiger partial charge in [-0.25, -0.2) is 0 Å². The Morgan fingerprint density at radius 1 is 1.11 bits per heavy atom. The maximum atomic E-state index is 10.4. The minimum absolute atomic E-state index is 0.0145. The number of ether oxygens (including phenoxy) is 1. The second-order valence-electron chi connectivity index (χ2n) is 6.60. The van der Waals surface area contributed by atoms with Gasteiger partial charge in [0.2, 0.25) is 0 Å². The molecule has 2 aromatic rings. The number of amidine groups is 1. The van der Waals surface area contributed by atoms with Gasteiger partial charge in [-0.05, 0) is 36.2 Å². The van der Waals surface area contributed by atoms with Crippen molar-refractivity contribution in [3.05, 3.63) is 58.6 Å². The molecule has 0 radical (unpaired) electrons. The molecule has 0 saturated heterocycles. The van der Waals surface area contributed by atoms with Gasteiger partial charge in [-0.15, -0.1) is 0 Å². The number of hydrogen-bond donors (Lipinski definition) is 2. The van der Waals surface area contributed by atoms with Crippen molar-refractivity contribution in [3.8, 4) is 11.5 Å². The molecule has 0 spiro atoms. The van der Waals surface area contributed by atoms with Crippen LogP contribution in [0, 0.1) is 0 Å². The smallest absolute Gasteiger partial charge is 0.133 e. The third-order valence-corrected chi connectivity index (χ3v) is 5.01. The Labute approximate surface area is 173 Å². The zero-order chi connectivity index (χ0) is 20.5. The second-order valence-corrected chi connectivity index (χ2v) is 7.04. The molecule has 0 bridgehead atoms. The molecular formula is C23H31ClN2O2. The average molecular weight is 403 g/mol. The Hall–Kier alpha value is -2.20. The number of rotatable bonds is 7. The molecule has 3 rings (SSSR count). The Morgan fingerprint density at radius 2 is 1.82 bits per heavy atom. The Kier molecular flexibility index (Phi) is 8.65. The minimum atomic E-state index is 0.0145. The molecule has 0 saturated carbocycles. The molecule has 1 aliphatic rings. The predicted molar refractivity (Wildman–Crippen MR) is 118 cm³/mol. The maximum Gasteiger partial charge on any atom is 0.133 e. The van der Waals surface area contributed by atoms with Crippen LogP contribution in [0.3, 0.4) is 0 Å². The van der Waals surface area contributed by atoms with E-state index in [-0.39, 0.29) is 17.8 Å². The number of aliphatic imine (C=N–C) groups is 1. The minimum Gasteiger partial charge on any atom is -0.507 e. The third kappa shape index (κ3) is 5.41. The number of nitrogens with one attached hydrogen (secondary N) is 1. The van der Waals surface area contributed by atoms with Crippen molar-refractivity contribution >= 4 is 17.4 Å². The van der Waals surface area contributed by atoms with Crippen LogP contribution in [-0.4, -0.2) is 24.1 Å². The Morgan fingerprint density at radius 3 is 2.43 bits per heavy atom. The summed E-state index contributed by atoms with van der Waals surface area (Å²) in [6.45, 7) is 6.20. The van der Waals surface area contributed by atoms with E-state index in [4.69, 9.17) is 21.3 Å². The molecule has 5 heteroatoms. The highest BCUT2D eigenvalue weighted by atomic mass is 35.5. The molecular weight excluding hydrogens is 372 g/mol. The van der Waals surface area contributed by atoms with Gasteiger partial charge in [0.25, 0.3) is 0 Å². The first-order chi connectivity index (χ1) is 13.6. The summed E-state index contributed by atoms with van der Waals surface area (Å²) in [5.41, 5.74) is 1.83. The zero-order valence-electron chi connectivity index (χ0n) is 17.2. The van der Waals surface area contributed by atoms with Gasteiger partial charge in [0, 0.05) is 11.1 Å². The SMILES string of the molecule is CC.CCCCCC1NC(c2ccc(OC)cc2O)=NC1c1ccc(Cl)cc1. The van der Waals surface area contributed by atoms with E-state index in [2.05, 4.69) is 12.2 Å². The van der Waals surface area contributed by atoms with E-state index in [9.17, 15) is 5.11 Å². The summed E-state index contributed by atoms with van der Waals surface area (Å²) < 4.78 is 5.17. The van der Waals surface area contributed by atoms with Gasteiger partial charge in [0.15, 0.2) is 0 Å². The molecule has 28 heavy (non-hydrogen) atoms. The van der Waals surface area contributed by atoms with Crippen molar-refractivity contribution in [2.24, 2.45) is 4.99 Å². The fourth-order valence-electron chi connectivity index (χ4n) is 3.32. The zero-order valence-corrected chi connectivity index (χ0v) is 18.0. The van der Waals surface area contributed by atoms with Crippen LogP contribution in [0.5, 0.6) is 11.5 Å². The molecule has 2 atom stereocenters. The summed E-state index contributed by atoms with van der Waals surface area (Å²) in [5, 5.41) is 14.6. The predicted octanol–water partition coefficient (Wildman–Crippen LogP) is 6.12. The lowest BCUT2D eigenvalue weighted by atomic mass is 9.96. The number of aromatic hydroxyl groups is 1. The van der Waals surface area contributed by atoms with E-state index in [1.165, 1.54) is 12.8 Å². The number of phenolic OH excluding ortho intramolecular Hbond substituents is 1. The molecule has 4 nitrogen and oxygen atoms in total. The fourth-order valence-corrected chi connectivity index (χ4v) is 3.44. The van der Waals surface area contributed by atoms with Crippen molar-refractivity contribution in [2.75, 3.05) is 7.11 Å². The molecule has 0 aromatic heterocycles. The molecule has 0 fully saturated rings. The van der Waals surface area contributed by atoms with Gasteiger partial charge >= 0.3 is 0 Å². The maximum absolute atomic E-state index is 10.4. The monoisotopic (exact) mass is 402 g/mol. The lowest BCUT2D eigenvalue weighted by molar-refractivity contribution is 0.407. The molecule has 0 aliphatic carbocycles. The lowest BCUT2D eigenvalue weighted by Gasteiger charge is -2.19. The first-order valence-electron chi connectivity index (χ1n) is 10.1. The summed E-state index contributed by atoms with van der Waals surface area (Å²) in [6, 6.07) is 13.4. The highest BCUT2D eigenvalue weighted by Crippen LogP contribution is 2.33. The van der Waals surface area contributed by atoms with Crippen LogP contribution in [-0.2, 0) is 0 Å². The first kappa shape index (κ1) is 22.1. The van der Waals surface area contributed by atoms with Gasteiger partial charge in [0.1, 0.15) is 17.3 Å². The molecule has 1 aliphatic heterocycles. The van der Waals surface area contributed by atoms with Crippen molar-refractivity contribution < 1.29 is 9.84 Å². The number of hydrogen-bond acceptors (Lipinski definition) is 4. The third-order valence-electron chi connectivity index (χ3n) is 4.76. The summed E-state index contributed by atoms with van der Waals surface area (Å²) in [7, 11) is 1.58. The number of benzene rings is 2. The number of unbranched alkanes of at least 4 members (excludes halogenated alkanes) is 2. The number of phenols is 1. The van der Waals surface area contributed by atoms with Gasteiger partial charge in [0.05, 0.1) is 24.8 Å². The molecule has 1 heterocycles. The summed E-state index contributed by atoms with van der Waals surface area (Å²) in [5.74, 6) is 1.52. The van der Waals surface area contributed by atoms with Gasteiger partial charge in [-0.1, -0.05) is 63.8 Å². The quantitative estimate of drug-likeness (QED) is 0.548. The Balaban J connectivity index is 0.00000136. The summed E-state index contributed by atoms with van der Waals surface area (Å²) in [4.78, 5) is 4.90. The highest BCUT2D eigenvalue weighted by molar-refractivity contribution is 6.30. The summed E-state index contributed by atoms with van der Waals surface area (Å²) >= 11 is 6.03. The van der Waals surface area contributed by atoms with Crippen LogP contribution in [0.1, 0.15) is 63.6 Å². The summed E-state index contributed by atoms with van der Waals surface area (Å²) in [6.07, 6.45) is 4.57. The van der Waals surface area contributed by atoms with Crippen molar-refractivity contribution in [1.29, 1.82) is 0 Å². The van der Waals surface area contributed by atoms with Crippen LogP contribution in [0.2, 0.25) is 5.02 Å². The largest absolute Gasteiger partial charge is 0.507 e. The van der Waals surface area contributed by atoms with Crippen LogP contribution in [0.4, 0.5) is 0 Å². The highest BCUT2D eigenvalue weighted by Gasteiger charge is 2.31. The van der Waals surface area contributed by atoms with Crippen molar-refractivity contribution in [2.45, 2.75) is 58.5 Å². The average Bonchev–Trinajstić information content (AvgIpc) is 3.14. The molecule has 152 valence electrons. The molecule has 2 aromatic carbocycles. The van der Waals surface area contributed by atoms with E-state index >= 15 is 0 Å². The van der Waals surface area contributed by atoms with E-state index in [1.807, 2.05) is 50.2 Å². The second kappa shape index (κ2) is 11.0. The number of methoxy groups -OCH3 is 1. The number of halogens is 1. The molecule has 2 unspecified atom stereocenters. The van der Waals surface area contributed by atoms with Crippen molar-refractivity contribution in [3.63, 3.8) is 0 Å². The Bertz CT molecular complexity index is 775. The van der Waals surface area contributed by atoms with Crippen LogP contribution < -0.4 is 10.1 Å². The number of nitrogens with zero attached hydrogens (tertiary/aromatic N) is 1. The topological polar surface area (TPSA) is 53.8 Å². The van der Waals surface area contributed by atoms with E-state index < -0.39 is 0 Å². The van der Waals surface area contributed by atoms with Crippen LogP contribution >= 0.6 is 11.6 Å².